The van der Waals surface area contributed by atoms with Gasteiger partial charge in [-0.25, -0.2) is 9.78 Å². The molecule has 0 radical (unpaired) electrons. The standard InChI is InChI=1S/C18H24N4O3/c1-12(9-16(24-18(20)23)15-5-3-4-6-15)13(2)22-25-17-8-7-14(10-19)11-21-17/h7-8,11-12,15-16H,3-6,9H2,1-2H3,(H2,20,23)/b22-13+/t12-,16+/m0/s1. The van der Waals surface area contributed by atoms with Crippen LogP contribution in [0.4, 0.5) is 4.79 Å². The van der Waals surface area contributed by atoms with Crippen LogP contribution < -0.4 is 10.6 Å². The zero-order valence-corrected chi connectivity index (χ0v) is 14.6. The van der Waals surface area contributed by atoms with Gasteiger partial charge in [-0.15, -0.1) is 0 Å². The van der Waals surface area contributed by atoms with E-state index < -0.39 is 6.09 Å². The fourth-order valence-electron chi connectivity index (χ4n) is 3.04. The number of rotatable bonds is 7. The Labute approximate surface area is 147 Å². The van der Waals surface area contributed by atoms with E-state index in [1.165, 1.54) is 6.20 Å². The Bertz CT molecular complexity index is 645. The van der Waals surface area contributed by atoms with E-state index in [-0.39, 0.29) is 12.0 Å². The number of carbonyl (C=O) groups is 1. The molecule has 0 bridgehead atoms. The number of oxime groups is 1. The number of nitrogens with two attached hydrogens (primary N) is 1. The Morgan fingerprint density at radius 2 is 2.20 bits per heavy atom. The lowest BCUT2D eigenvalue weighted by molar-refractivity contribution is 0.0594. The molecule has 2 atom stereocenters. The number of ether oxygens (including phenoxy) is 1. The molecule has 0 saturated heterocycles. The van der Waals surface area contributed by atoms with Crippen LogP contribution in [0.15, 0.2) is 23.5 Å². The second-order valence-electron chi connectivity index (χ2n) is 6.48. The number of hydrogen-bond donors (Lipinski definition) is 1. The highest BCUT2D eigenvalue weighted by Crippen LogP contribution is 2.32. The molecule has 2 N–H and O–H groups in total. The second-order valence-corrected chi connectivity index (χ2v) is 6.48. The Balaban J connectivity index is 1.94. The molecule has 1 aromatic heterocycles. The number of nitrogens with zero attached hydrogens (tertiary/aromatic N) is 3. The van der Waals surface area contributed by atoms with Crippen LogP contribution in [0.1, 0.15) is 51.5 Å². The topological polar surface area (TPSA) is 111 Å². The average molecular weight is 344 g/mol. The SMILES string of the molecule is C/C(=N\Oc1ccc(C#N)cn1)[C@@H](C)C[C@@H](OC(N)=O)C1CCCC1. The molecule has 7 heteroatoms. The van der Waals surface area contributed by atoms with Crippen molar-refractivity contribution in [3.63, 3.8) is 0 Å². The molecule has 0 aromatic carbocycles. The Morgan fingerprint density at radius 3 is 2.76 bits per heavy atom. The molecule has 25 heavy (non-hydrogen) atoms. The Morgan fingerprint density at radius 1 is 1.48 bits per heavy atom. The number of pyridine rings is 1. The first kappa shape index (κ1) is 18.7. The van der Waals surface area contributed by atoms with Crippen molar-refractivity contribution >= 4 is 11.8 Å². The van der Waals surface area contributed by atoms with Crippen LogP contribution in [0.3, 0.4) is 0 Å². The molecule has 1 aromatic rings. The maximum atomic E-state index is 11.2. The minimum atomic E-state index is -0.725. The molecular formula is C18H24N4O3. The van der Waals surface area contributed by atoms with Crippen LogP contribution in [0.5, 0.6) is 5.88 Å². The third kappa shape index (κ3) is 5.75. The van der Waals surface area contributed by atoms with Crippen molar-refractivity contribution in [2.75, 3.05) is 0 Å². The summed E-state index contributed by atoms with van der Waals surface area (Å²) in [7, 11) is 0. The summed E-state index contributed by atoms with van der Waals surface area (Å²) >= 11 is 0. The second kappa shape index (κ2) is 9.02. The van der Waals surface area contributed by atoms with E-state index in [1.54, 1.807) is 12.1 Å². The van der Waals surface area contributed by atoms with Crippen LogP contribution in [0.25, 0.3) is 0 Å². The summed E-state index contributed by atoms with van der Waals surface area (Å²) in [5.41, 5.74) is 6.47. The number of carbonyl (C=O) groups excluding carboxylic acids is 1. The fourth-order valence-corrected chi connectivity index (χ4v) is 3.04. The smallest absolute Gasteiger partial charge is 0.404 e. The molecule has 7 nitrogen and oxygen atoms in total. The maximum absolute atomic E-state index is 11.2. The fraction of sp³-hybridized carbons (Fsp3) is 0.556. The van der Waals surface area contributed by atoms with E-state index in [1.807, 2.05) is 19.9 Å². The summed E-state index contributed by atoms with van der Waals surface area (Å²) in [5, 5.41) is 12.9. The maximum Gasteiger partial charge on any atom is 0.404 e. The van der Waals surface area contributed by atoms with Gasteiger partial charge in [0.2, 0.25) is 5.88 Å². The lowest BCUT2D eigenvalue weighted by Crippen LogP contribution is -2.31. The summed E-state index contributed by atoms with van der Waals surface area (Å²) in [4.78, 5) is 20.5. The number of amides is 1. The van der Waals surface area contributed by atoms with E-state index in [0.717, 1.165) is 31.4 Å². The molecule has 1 amide bonds. The van der Waals surface area contributed by atoms with Gasteiger partial charge in [-0.3, -0.25) is 0 Å². The van der Waals surface area contributed by atoms with Gasteiger partial charge < -0.3 is 15.3 Å². The third-order valence-electron chi connectivity index (χ3n) is 4.64. The minimum Gasteiger partial charge on any atom is -0.446 e. The highest BCUT2D eigenvalue weighted by atomic mass is 16.6. The van der Waals surface area contributed by atoms with Crippen molar-refractivity contribution in [1.82, 2.24) is 4.98 Å². The van der Waals surface area contributed by atoms with Crippen molar-refractivity contribution in [1.29, 1.82) is 5.26 Å². The summed E-state index contributed by atoms with van der Waals surface area (Å²) < 4.78 is 5.34. The van der Waals surface area contributed by atoms with Gasteiger partial charge in [0, 0.05) is 18.2 Å². The van der Waals surface area contributed by atoms with Crippen LogP contribution in [0, 0.1) is 23.2 Å². The monoisotopic (exact) mass is 344 g/mol. The molecule has 0 spiro atoms. The van der Waals surface area contributed by atoms with Gasteiger partial charge in [0.1, 0.15) is 12.2 Å². The van der Waals surface area contributed by atoms with Gasteiger partial charge in [0.05, 0.1) is 11.3 Å². The van der Waals surface area contributed by atoms with Crippen LogP contribution in [-0.4, -0.2) is 22.9 Å². The number of hydrogen-bond acceptors (Lipinski definition) is 6. The van der Waals surface area contributed by atoms with E-state index in [4.69, 9.17) is 20.6 Å². The average Bonchev–Trinajstić information content (AvgIpc) is 3.13. The summed E-state index contributed by atoms with van der Waals surface area (Å²) in [5.74, 6) is 0.762. The van der Waals surface area contributed by atoms with Crippen LogP contribution in [-0.2, 0) is 4.74 Å². The molecule has 1 saturated carbocycles. The number of primary amides is 1. The van der Waals surface area contributed by atoms with Crippen molar-refractivity contribution in [2.45, 2.75) is 52.1 Å². The largest absolute Gasteiger partial charge is 0.446 e. The molecule has 1 heterocycles. The normalized spacial score (nSPS) is 17.6. The first-order valence-corrected chi connectivity index (χ1v) is 8.53. The zero-order valence-electron chi connectivity index (χ0n) is 14.6. The van der Waals surface area contributed by atoms with Gasteiger partial charge >= 0.3 is 6.09 Å². The van der Waals surface area contributed by atoms with E-state index in [2.05, 4.69) is 10.1 Å². The molecule has 2 rings (SSSR count). The molecular weight excluding hydrogens is 320 g/mol. The lowest BCUT2D eigenvalue weighted by atomic mass is 9.90. The predicted molar refractivity (Wildman–Crippen MR) is 92.9 cm³/mol. The summed E-state index contributed by atoms with van der Waals surface area (Å²) in [6.07, 6.45) is 5.63. The predicted octanol–water partition coefficient (Wildman–Crippen LogP) is 3.39. The van der Waals surface area contributed by atoms with Crippen molar-refractivity contribution in [2.24, 2.45) is 22.7 Å². The van der Waals surface area contributed by atoms with Gasteiger partial charge in [0.15, 0.2) is 0 Å². The highest BCUT2D eigenvalue weighted by molar-refractivity contribution is 5.83. The minimum absolute atomic E-state index is 0.0725. The van der Waals surface area contributed by atoms with E-state index >= 15 is 0 Å². The molecule has 0 aliphatic heterocycles. The summed E-state index contributed by atoms with van der Waals surface area (Å²) in [6, 6.07) is 5.21. The van der Waals surface area contributed by atoms with E-state index in [0.29, 0.717) is 23.8 Å². The van der Waals surface area contributed by atoms with Crippen LogP contribution in [0.2, 0.25) is 0 Å². The molecule has 0 unspecified atom stereocenters. The number of nitriles is 1. The third-order valence-corrected chi connectivity index (χ3v) is 4.64. The molecule has 1 aliphatic rings. The molecule has 1 aliphatic carbocycles. The molecule has 1 fully saturated rings. The van der Waals surface area contributed by atoms with E-state index in [9.17, 15) is 4.79 Å². The van der Waals surface area contributed by atoms with Crippen molar-refractivity contribution in [3.8, 4) is 11.9 Å². The van der Waals surface area contributed by atoms with Gasteiger partial charge in [0.25, 0.3) is 0 Å². The van der Waals surface area contributed by atoms with Gasteiger partial charge in [-0.1, -0.05) is 24.9 Å². The number of aromatic nitrogens is 1. The first-order valence-electron chi connectivity index (χ1n) is 8.53. The summed E-state index contributed by atoms with van der Waals surface area (Å²) in [6.45, 7) is 3.88. The zero-order chi connectivity index (χ0) is 18.2. The highest BCUT2D eigenvalue weighted by Gasteiger charge is 2.29. The Hall–Kier alpha value is -2.62. The quantitative estimate of drug-likeness (QED) is 0.602. The lowest BCUT2D eigenvalue weighted by Gasteiger charge is -2.25. The Kier molecular flexibility index (Phi) is 6.75. The molecule has 134 valence electrons. The van der Waals surface area contributed by atoms with Crippen LogP contribution >= 0.6 is 0 Å². The first-order chi connectivity index (χ1) is 12.0. The van der Waals surface area contributed by atoms with Gasteiger partial charge in [-0.2, -0.15) is 5.26 Å². The van der Waals surface area contributed by atoms with Gasteiger partial charge in [-0.05, 0) is 38.2 Å². The van der Waals surface area contributed by atoms with Crippen molar-refractivity contribution < 1.29 is 14.4 Å². The van der Waals surface area contributed by atoms with Crippen molar-refractivity contribution in [3.05, 3.63) is 23.9 Å².